The second-order valence-corrected chi connectivity index (χ2v) is 6.72. The normalized spacial score (nSPS) is 14.1. The molecule has 1 aliphatic rings. The van der Waals surface area contributed by atoms with Crippen molar-refractivity contribution in [3.8, 4) is 17.3 Å². The fourth-order valence-electron chi connectivity index (χ4n) is 2.60. The molecular weight excluding hydrogens is 396 g/mol. The van der Waals surface area contributed by atoms with Crippen molar-refractivity contribution in [1.82, 2.24) is 20.3 Å². The van der Waals surface area contributed by atoms with Crippen LogP contribution in [-0.2, 0) is 9.59 Å². The van der Waals surface area contributed by atoms with E-state index >= 15 is 0 Å². The molecule has 1 unspecified atom stereocenters. The standard InChI is InChI=1S/C19H19F2N7O2/c20-17(21)8-23-6-13(10-29)27-14-3-12(5-24-15(14)4-22)16-7-26-18(9-25-16)28-19(30)11-1-2-11/h3,5,7,9-11,13,17,23,27H,1-2,6,8H2,(H,26,28,30). The molecule has 1 atom stereocenters. The Morgan fingerprint density at radius 2 is 2.03 bits per heavy atom. The predicted molar refractivity (Wildman–Crippen MR) is 104 cm³/mol. The zero-order valence-electron chi connectivity index (χ0n) is 15.8. The molecular formula is C19H19F2N7O2. The van der Waals surface area contributed by atoms with Gasteiger partial charge in [-0.1, -0.05) is 0 Å². The van der Waals surface area contributed by atoms with E-state index in [9.17, 15) is 23.6 Å². The number of nitriles is 1. The molecule has 0 bridgehead atoms. The van der Waals surface area contributed by atoms with Gasteiger partial charge in [0.15, 0.2) is 11.5 Å². The summed E-state index contributed by atoms with van der Waals surface area (Å²) in [6.45, 7) is -0.591. The quantitative estimate of drug-likeness (QED) is 0.499. The highest BCUT2D eigenvalue weighted by atomic mass is 19.3. The Morgan fingerprint density at radius 1 is 1.23 bits per heavy atom. The third kappa shape index (κ3) is 5.74. The first kappa shape index (κ1) is 21.2. The molecule has 2 aromatic rings. The van der Waals surface area contributed by atoms with E-state index in [1.165, 1.54) is 18.6 Å². The molecule has 1 amide bonds. The predicted octanol–water partition coefficient (Wildman–Crippen LogP) is 1.59. The molecule has 0 saturated heterocycles. The highest BCUT2D eigenvalue weighted by Gasteiger charge is 2.29. The van der Waals surface area contributed by atoms with E-state index in [1.54, 1.807) is 6.07 Å². The highest BCUT2D eigenvalue weighted by molar-refractivity contribution is 5.93. The zero-order chi connectivity index (χ0) is 21.5. The number of amides is 1. The Morgan fingerprint density at radius 3 is 2.63 bits per heavy atom. The van der Waals surface area contributed by atoms with Crippen LogP contribution in [0.3, 0.4) is 0 Å². The summed E-state index contributed by atoms with van der Waals surface area (Å²) in [6.07, 6.45) is 4.09. The van der Waals surface area contributed by atoms with Crippen molar-refractivity contribution in [2.24, 2.45) is 5.92 Å². The number of aldehydes is 1. The Bertz CT molecular complexity index is 943. The van der Waals surface area contributed by atoms with Gasteiger partial charge in [0.1, 0.15) is 12.4 Å². The summed E-state index contributed by atoms with van der Waals surface area (Å²) in [7, 11) is 0. The summed E-state index contributed by atoms with van der Waals surface area (Å²) < 4.78 is 24.5. The van der Waals surface area contributed by atoms with Gasteiger partial charge < -0.3 is 20.7 Å². The van der Waals surface area contributed by atoms with Crippen molar-refractivity contribution in [2.45, 2.75) is 25.3 Å². The van der Waals surface area contributed by atoms with E-state index in [-0.39, 0.29) is 29.8 Å². The van der Waals surface area contributed by atoms with Crippen LogP contribution in [0.1, 0.15) is 18.5 Å². The molecule has 0 radical (unpaired) electrons. The van der Waals surface area contributed by atoms with Gasteiger partial charge in [0.2, 0.25) is 5.91 Å². The first-order valence-corrected chi connectivity index (χ1v) is 9.24. The van der Waals surface area contributed by atoms with Crippen LogP contribution in [0.5, 0.6) is 0 Å². The Hall–Kier alpha value is -3.52. The smallest absolute Gasteiger partial charge is 0.250 e. The van der Waals surface area contributed by atoms with Gasteiger partial charge in [0, 0.05) is 24.2 Å². The summed E-state index contributed by atoms with van der Waals surface area (Å²) in [5, 5.41) is 17.2. The number of nitrogens with one attached hydrogen (secondary N) is 3. The lowest BCUT2D eigenvalue weighted by atomic mass is 10.1. The molecule has 1 fully saturated rings. The Kier molecular flexibility index (Phi) is 6.92. The first-order chi connectivity index (χ1) is 14.5. The second-order valence-electron chi connectivity index (χ2n) is 6.72. The summed E-state index contributed by atoms with van der Waals surface area (Å²) in [4.78, 5) is 35.5. The van der Waals surface area contributed by atoms with E-state index < -0.39 is 19.0 Å². The number of alkyl halides is 2. The van der Waals surface area contributed by atoms with Gasteiger partial charge in [-0.05, 0) is 18.9 Å². The van der Waals surface area contributed by atoms with Gasteiger partial charge in [-0.25, -0.2) is 18.7 Å². The monoisotopic (exact) mass is 415 g/mol. The van der Waals surface area contributed by atoms with Gasteiger partial charge in [-0.2, -0.15) is 5.26 Å². The lowest BCUT2D eigenvalue weighted by molar-refractivity contribution is -0.117. The largest absolute Gasteiger partial charge is 0.372 e. The second kappa shape index (κ2) is 9.80. The minimum absolute atomic E-state index is 0.0423. The number of nitrogens with zero attached hydrogens (tertiary/aromatic N) is 4. The van der Waals surface area contributed by atoms with E-state index in [1.807, 2.05) is 6.07 Å². The van der Waals surface area contributed by atoms with E-state index in [0.717, 1.165) is 12.8 Å². The number of pyridine rings is 1. The summed E-state index contributed by atoms with van der Waals surface area (Å²) in [5.41, 5.74) is 1.27. The van der Waals surface area contributed by atoms with Gasteiger partial charge >= 0.3 is 0 Å². The van der Waals surface area contributed by atoms with Crippen LogP contribution >= 0.6 is 0 Å². The molecule has 3 rings (SSSR count). The van der Waals surface area contributed by atoms with Crippen LogP contribution in [0.4, 0.5) is 20.3 Å². The topological polar surface area (TPSA) is 133 Å². The molecule has 1 saturated carbocycles. The number of aromatic nitrogens is 3. The van der Waals surface area contributed by atoms with E-state index in [2.05, 4.69) is 30.9 Å². The molecule has 30 heavy (non-hydrogen) atoms. The number of anilines is 2. The number of rotatable bonds is 10. The maximum atomic E-state index is 12.3. The number of hydrogen-bond acceptors (Lipinski definition) is 8. The molecule has 0 aliphatic heterocycles. The Labute approximate surface area is 170 Å². The molecule has 2 aromatic heterocycles. The lowest BCUT2D eigenvalue weighted by Crippen LogP contribution is -2.36. The number of carbonyl (C=O) groups excluding carboxylic acids is 2. The van der Waals surface area contributed by atoms with Gasteiger partial charge in [0.05, 0.1) is 36.4 Å². The maximum Gasteiger partial charge on any atom is 0.250 e. The van der Waals surface area contributed by atoms with Crippen molar-refractivity contribution in [2.75, 3.05) is 23.7 Å². The van der Waals surface area contributed by atoms with Crippen LogP contribution in [0.25, 0.3) is 11.3 Å². The van der Waals surface area contributed by atoms with Crippen LogP contribution in [0.15, 0.2) is 24.7 Å². The van der Waals surface area contributed by atoms with Crippen LogP contribution < -0.4 is 16.0 Å². The fourth-order valence-corrected chi connectivity index (χ4v) is 2.60. The molecule has 1 aliphatic carbocycles. The molecule has 156 valence electrons. The van der Waals surface area contributed by atoms with Crippen LogP contribution in [-0.4, -0.2) is 52.7 Å². The van der Waals surface area contributed by atoms with Gasteiger partial charge in [-0.3, -0.25) is 9.78 Å². The lowest BCUT2D eigenvalue weighted by Gasteiger charge is -2.16. The van der Waals surface area contributed by atoms with E-state index in [4.69, 9.17) is 0 Å². The van der Waals surface area contributed by atoms with Crippen LogP contribution in [0, 0.1) is 17.2 Å². The van der Waals surface area contributed by atoms with Gasteiger partial charge in [0.25, 0.3) is 6.43 Å². The maximum absolute atomic E-state index is 12.3. The molecule has 9 nitrogen and oxygen atoms in total. The zero-order valence-corrected chi connectivity index (χ0v) is 15.8. The molecule has 11 heteroatoms. The SMILES string of the molecule is N#Cc1ncc(-c2cnc(NC(=O)C3CC3)cn2)cc1NC(C=O)CNCC(F)F. The van der Waals surface area contributed by atoms with Crippen molar-refractivity contribution in [1.29, 1.82) is 5.26 Å². The number of hydrogen-bond donors (Lipinski definition) is 3. The molecule has 2 heterocycles. The molecule has 0 aromatic carbocycles. The average molecular weight is 415 g/mol. The van der Waals surface area contributed by atoms with Crippen LogP contribution in [0.2, 0.25) is 0 Å². The fraction of sp³-hybridized carbons (Fsp3) is 0.368. The van der Waals surface area contributed by atoms with E-state index in [0.29, 0.717) is 23.4 Å². The summed E-state index contributed by atoms with van der Waals surface area (Å²) in [5.74, 6) is 0.300. The van der Waals surface area contributed by atoms with Crippen molar-refractivity contribution in [3.63, 3.8) is 0 Å². The minimum atomic E-state index is -2.53. The number of halogens is 2. The summed E-state index contributed by atoms with van der Waals surface area (Å²) >= 11 is 0. The Balaban J connectivity index is 1.72. The highest BCUT2D eigenvalue weighted by Crippen LogP contribution is 2.30. The molecule has 0 spiro atoms. The van der Waals surface area contributed by atoms with Crippen molar-refractivity contribution >= 4 is 23.7 Å². The van der Waals surface area contributed by atoms with Crippen molar-refractivity contribution in [3.05, 3.63) is 30.4 Å². The number of carbonyl (C=O) groups is 2. The first-order valence-electron chi connectivity index (χ1n) is 9.24. The average Bonchev–Trinajstić information content (AvgIpc) is 3.59. The third-order valence-electron chi connectivity index (χ3n) is 4.31. The third-order valence-corrected chi connectivity index (χ3v) is 4.31. The summed E-state index contributed by atoms with van der Waals surface area (Å²) in [6, 6.07) is 2.65. The van der Waals surface area contributed by atoms with Crippen molar-refractivity contribution < 1.29 is 18.4 Å². The van der Waals surface area contributed by atoms with Gasteiger partial charge in [-0.15, -0.1) is 0 Å². The molecule has 3 N–H and O–H groups in total. The minimum Gasteiger partial charge on any atom is -0.372 e.